The molecule has 0 fully saturated rings. The minimum absolute atomic E-state index is 0.0278. The van der Waals surface area contributed by atoms with Crippen LogP contribution in [0, 0.1) is 13.8 Å². The molecule has 1 heterocycles. The number of aromatic carboxylic acids is 1. The first-order valence-corrected chi connectivity index (χ1v) is 7.70. The van der Waals surface area contributed by atoms with Gasteiger partial charge in [-0.3, -0.25) is 0 Å². The van der Waals surface area contributed by atoms with Gasteiger partial charge in [-0.25, -0.2) is 17.9 Å². The number of hydrogen-bond donors (Lipinski definition) is 3. The molecule has 1 unspecified atom stereocenters. The Morgan fingerprint density at radius 3 is 2.45 bits per heavy atom. The van der Waals surface area contributed by atoms with E-state index in [1.54, 1.807) is 6.92 Å². The molecule has 3 N–H and O–H groups in total. The number of aliphatic hydroxyl groups is 1. The van der Waals surface area contributed by atoms with Gasteiger partial charge in [0.1, 0.15) is 22.0 Å². The highest BCUT2D eigenvalue weighted by molar-refractivity contribution is 7.89. The monoisotopic (exact) mass is 305 g/mol. The summed E-state index contributed by atoms with van der Waals surface area (Å²) < 4.78 is 31.7. The highest BCUT2D eigenvalue weighted by Crippen LogP contribution is 2.26. The second kappa shape index (κ2) is 6.38. The Kier molecular flexibility index (Phi) is 5.32. The zero-order chi connectivity index (χ0) is 15.5. The Morgan fingerprint density at radius 1 is 1.35 bits per heavy atom. The van der Waals surface area contributed by atoms with Gasteiger partial charge in [0.25, 0.3) is 0 Å². The number of furan rings is 1. The van der Waals surface area contributed by atoms with E-state index < -0.39 is 22.1 Å². The minimum atomic E-state index is -3.99. The Balaban J connectivity index is 3.01. The van der Waals surface area contributed by atoms with E-state index in [0.717, 1.165) is 0 Å². The predicted molar refractivity (Wildman–Crippen MR) is 71.2 cm³/mol. The van der Waals surface area contributed by atoms with Gasteiger partial charge in [-0.05, 0) is 26.7 Å². The first kappa shape index (κ1) is 16.7. The lowest BCUT2D eigenvalue weighted by Gasteiger charge is -2.09. The summed E-state index contributed by atoms with van der Waals surface area (Å²) in [6, 6.07) is 0. The maximum absolute atomic E-state index is 12.1. The van der Waals surface area contributed by atoms with Crippen molar-refractivity contribution >= 4 is 16.0 Å². The molecule has 0 aliphatic heterocycles. The first-order valence-electron chi connectivity index (χ1n) is 6.21. The van der Waals surface area contributed by atoms with Crippen molar-refractivity contribution in [2.75, 3.05) is 6.54 Å². The molecule has 0 aliphatic carbocycles. The number of aryl methyl sites for hydroxylation is 2. The zero-order valence-electron chi connectivity index (χ0n) is 11.6. The van der Waals surface area contributed by atoms with Gasteiger partial charge in [-0.15, -0.1) is 0 Å². The van der Waals surface area contributed by atoms with Crippen molar-refractivity contribution < 1.29 is 27.8 Å². The maximum Gasteiger partial charge on any atom is 0.340 e. The van der Waals surface area contributed by atoms with Crippen LogP contribution in [0.4, 0.5) is 0 Å². The summed E-state index contributed by atoms with van der Waals surface area (Å²) in [5, 5.41) is 18.5. The lowest BCUT2D eigenvalue weighted by atomic mass is 10.2. The molecule has 0 spiro atoms. The van der Waals surface area contributed by atoms with Gasteiger partial charge in [-0.2, -0.15) is 0 Å². The molecule has 8 heteroatoms. The highest BCUT2D eigenvalue weighted by Gasteiger charge is 2.30. The molecule has 114 valence electrons. The number of nitrogens with one attached hydrogen (secondary N) is 1. The summed E-state index contributed by atoms with van der Waals surface area (Å²) >= 11 is 0. The van der Waals surface area contributed by atoms with Gasteiger partial charge in [0.05, 0.1) is 6.10 Å². The number of sulfonamides is 1. The molecule has 1 aromatic rings. The number of carboxylic acid groups (broad SMARTS) is 1. The molecule has 1 aromatic heterocycles. The third-order valence-electron chi connectivity index (χ3n) is 2.93. The van der Waals surface area contributed by atoms with Gasteiger partial charge in [0, 0.05) is 6.54 Å². The number of rotatable bonds is 7. The smallest absolute Gasteiger partial charge is 0.340 e. The van der Waals surface area contributed by atoms with Crippen LogP contribution in [0.3, 0.4) is 0 Å². The van der Waals surface area contributed by atoms with Crippen molar-refractivity contribution in [1.29, 1.82) is 0 Å². The molecule has 7 nitrogen and oxygen atoms in total. The number of carboxylic acids is 1. The van der Waals surface area contributed by atoms with Crippen LogP contribution < -0.4 is 4.72 Å². The fourth-order valence-corrected chi connectivity index (χ4v) is 3.32. The maximum atomic E-state index is 12.1. The van der Waals surface area contributed by atoms with Crippen LogP contribution in [0.15, 0.2) is 9.31 Å². The van der Waals surface area contributed by atoms with E-state index in [2.05, 4.69) is 4.72 Å². The Hall–Kier alpha value is -1.38. The van der Waals surface area contributed by atoms with Gasteiger partial charge < -0.3 is 14.6 Å². The summed E-state index contributed by atoms with van der Waals surface area (Å²) in [4.78, 5) is 10.8. The van der Waals surface area contributed by atoms with Crippen molar-refractivity contribution in [3.8, 4) is 0 Å². The first-order chi connectivity index (χ1) is 9.20. The van der Waals surface area contributed by atoms with Crippen LogP contribution in [0.5, 0.6) is 0 Å². The number of hydrogen-bond acceptors (Lipinski definition) is 5. The van der Waals surface area contributed by atoms with Crippen LogP contribution in [0.25, 0.3) is 0 Å². The molecule has 0 aliphatic rings. The Labute approximate surface area is 117 Å². The van der Waals surface area contributed by atoms with E-state index in [1.165, 1.54) is 13.8 Å². The molecular formula is C12H19NO6S. The third-order valence-corrected chi connectivity index (χ3v) is 4.54. The molecule has 0 saturated heterocycles. The normalized spacial score (nSPS) is 13.4. The third kappa shape index (κ3) is 3.59. The Morgan fingerprint density at radius 2 is 1.95 bits per heavy atom. The molecule has 0 radical (unpaired) electrons. The van der Waals surface area contributed by atoms with E-state index in [0.29, 0.717) is 6.42 Å². The van der Waals surface area contributed by atoms with Crippen LogP contribution in [0.2, 0.25) is 0 Å². The van der Waals surface area contributed by atoms with Gasteiger partial charge in [0.2, 0.25) is 10.0 Å². The second-order valence-corrected chi connectivity index (χ2v) is 6.18. The summed E-state index contributed by atoms with van der Waals surface area (Å²) in [7, 11) is -3.99. The lowest BCUT2D eigenvalue weighted by molar-refractivity contribution is 0.0691. The largest absolute Gasteiger partial charge is 0.478 e. The van der Waals surface area contributed by atoms with Gasteiger partial charge >= 0.3 is 5.97 Å². The van der Waals surface area contributed by atoms with Gasteiger partial charge in [0.15, 0.2) is 0 Å². The summed E-state index contributed by atoms with van der Waals surface area (Å²) in [5.74, 6) is -1.28. The highest BCUT2D eigenvalue weighted by atomic mass is 32.2. The van der Waals surface area contributed by atoms with Crippen LogP contribution >= 0.6 is 0 Å². The van der Waals surface area contributed by atoms with E-state index in [-0.39, 0.29) is 34.9 Å². The SMILES string of the molecule is CCC(O)CCNS(=O)(=O)c1c(C)oc(C)c1C(=O)O. The predicted octanol–water partition coefficient (Wildman–Crippen LogP) is 1.03. The quantitative estimate of drug-likeness (QED) is 0.693. The van der Waals surface area contributed by atoms with Gasteiger partial charge in [-0.1, -0.05) is 6.92 Å². The summed E-state index contributed by atoms with van der Waals surface area (Å²) in [6.07, 6.45) is 0.184. The average molecular weight is 305 g/mol. The van der Waals surface area contributed by atoms with Crippen molar-refractivity contribution in [3.63, 3.8) is 0 Å². The zero-order valence-corrected chi connectivity index (χ0v) is 12.5. The van der Waals surface area contributed by atoms with Crippen molar-refractivity contribution in [1.82, 2.24) is 4.72 Å². The van der Waals surface area contributed by atoms with Crippen LogP contribution in [-0.4, -0.2) is 37.2 Å². The standard InChI is InChI=1S/C12H19NO6S/c1-4-9(14)5-6-13-20(17,18)11-8(3)19-7(2)10(11)12(15)16/h9,13-14H,4-6H2,1-3H3,(H,15,16). The molecule has 0 aromatic carbocycles. The molecule has 0 bridgehead atoms. The fraction of sp³-hybridized carbons (Fsp3) is 0.583. The topological polar surface area (TPSA) is 117 Å². The lowest BCUT2D eigenvalue weighted by Crippen LogP contribution is -2.28. The van der Waals surface area contributed by atoms with E-state index in [4.69, 9.17) is 9.52 Å². The van der Waals surface area contributed by atoms with E-state index in [1.807, 2.05) is 0 Å². The van der Waals surface area contributed by atoms with Crippen molar-refractivity contribution in [2.45, 2.75) is 44.6 Å². The van der Waals surface area contributed by atoms with E-state index in [9.17, 15) is 18.3 Å². The summed E-state index contributed by atoms with van der Waals surface area (Å²) in [5.41, 5.74) is -0.356. The van der Waals surface area contributed by atoms with Crippen LogP contribution in [-0.2, 0) is 10.0 Å². The molecule has 1 atom stereocenters. The minimum Gasteiger partial charge on any atom is -0.478 e. The molecular weight excluding hydrogens is 286 g/mol. The Bertz CT molecular complexity index is 589. The summed E-state index contributed by atoms with van der Waals surface area (Å²) in [6.45, 7) is 4.61. The van der Waals surface area contributed by atoms with Crippen molar-refractivity contribution in [3.05, 3.63) is 17.1 Å². The molecule has 1 rings (SSSR count). The van der Waals surface area contributed by atoms with Crippen molar-refractivity contribution in [2.24, 2.45) is 0 Å². The fourth-order valence-electron chi connectivity index (χ4n) is 1.87. The second-order valence-electron chi connectivity index (χ2n) is 4.47. The molecule has 0 saturated carbocycles. The average Bonchev–Trinajstić information content (AvgIpc) is 2.64. The number of carbonyl (C=O) groups is 1. The number of aliphatic hydroxyl groups excluding tert-OH is 1. The van der Waals surface area contributed by atoms with E-state index >= 15 is 0 Å². The molecule has 0 amide bonds. The molecule has 20 heavy (non-hydrogen) atoms. The van der Waals surface area contributed by atoms with Crippen LogP contribution in [0.1, 0.15) is 41.6 Å².